The molecule has 6 heteroatoms. The van der Waals surface area contributed by atoms with Crippen LogP contribution in [0.15, 0.2) is 0 Å². The molecule has 0 aromatic rings. The van der Waals surface area contributed by atoms with Crippen LogP contribution in [-0.2, 0) is 23.9 Å². The Morgan fingerprint density at radius 2 is 1.46 bits per heavy atom. The lowest BCUT2D eigenvalue weighted by Gasteiger charge is -2.09. The van der Waals surface area contributed by atoms with Gasteiger partial charge in [0.2, 0.25) is 11.8 Å². The highest BCUT2D eigenvalue weighted by molar-refractivity contribution is 6.14. The van der Waals surface area contributed by atoms with Crippen LogP contribution in [0.2, 0.25) is 0 Å². The van der Waals surface area contributed by atoms with Crippen LogP contribution in [-0.4, -0.2) is 39.1 Å². The number of amides is 1. The zero-order valence-electron chi connectivity index (χ0n) is 7.62. The number of methoxy groups -OCH3 is 2. The van der Waals surface area contributed by atoms with Gasteiger partial charge in [0.05, 0.1) is 14.2 Å². The molecule has 0 atom stereocenters. The number of hydrogen-bond donors (Lipinski definition) is 1. The predicted molar refractivity (Wildman–Crippen MR) is 41.6 cm³/mol. The van der Waals surface area contributed by atoms with Gasteiger partial charge in [0.25, 0.3) is 0 Å². The molecular weight excluding hydrogens is 178 g/mol. The van der Waals surface area contributed by atoms with E-state index in [1.807, 2.05) is 0 Å². The van der Waals surface area contributed by atoms with Crippen molar-refractivity contribution >= 4 is 17.8 Å². The van der Waals surface area contributed by atoms with E-state index in [1.54, 1.807) is 0 Å². The standard InChI is InChI=1S/C7H11NO5/c1-8-5(9)4(6(10)12-2)7(11)13-3/h4H,1-3H3,(H,8,9). The SMILES string of the molecule is CNC(=O)C(C(=O)OC)C(=O)OC. The summed E-state index contributed by atoms with van der Waals surface area (Å²) in [6, 6.07) is 0. The highest BCUT2D eigenvalue weighted by atomic mass is 16.5. The molecule has 0 aliphatic carbocycles. The van der Waals surface area contributed by atoms with Gasteiger partial charge >= 0.3 is 11.9 Å². The topological polar surface area (TPSA) is 81.7 Å². The van der Waals surface area contributed by atoms with Gasteiger partial charge in [0.1, 0.15) is 0 Å². The monoisotopic (exact) mass is 189 g/mol. The van der Waals surface area contributed by atoms with Gasteiger partial charge < -0.3 is 14.8 Å². The van der Waals surface area contributed by atoms with Crippen LogP contribution in [0.3, 0.4) is 0 Å². The second-order valence-electron chi connectivity index (χ2n) is 2.09. The molecule has 0 heterocycles. The van der Waals surface area contributed by atoms with Gasteiger partial charge in [-0.25, -0.2) is 0 Å². The lowest BCUT2D eigenvalue weighted by Crippen LogP contribution is -2.39. The summed E-state index contributed by atoms with van der Waals surface area (Å²) in [7, 11) is 3.48. The Hall–Kier alpha value is -1.59. The van der Waals surface area contributed by atoms with Gasteiger partial charge in [0, 0.05) is 7.05 Å². The van der Waals surface area contributed by atoms with E-state index in [0.29, 0.717) is 0 Å². The molecule has 0 saturated heterocycles. The Morgan fingerprint density at radius 3 is 1.69 bits per heavy atom. The molecule has 0 bridgehead atoms. The van der Waals surface area contributed by atoms with Crippen LogP contribution < -0.4 is 5.32 Å². The third-order valence-electron chi connectivity index (χ3n) is 1.38. The Labute approximate surface area is 75.2 Å². The summed E-state index contributed by atoms with van der Waals surface area (Å²) in [6.07, 6.45) is 0. The fourth-order valence-electron chi connectivity index (χ4n) is 0.690. The van der Waals surface area contributed by atoms with Crippen LogP contribution in [0.25, 0.3) is 0 Å². The van der Waals surface area contributed by atoms with Crippen LogP contribution in [0.5, 0.6) is 0 Å². The average molecular weight is 189 g/mol. The molecule has 0 radical (unpaired) electrons. The number of carbonyl (C=O) groups is 3. The van der Waals surface area contributed by atoms with Crippen molar-refractivity contribution in [1.82, 2.24) is 5.32 Å². The highest BCUT2D eigenvalue weighted by Gasteiger charge is 2.35. The maximum absolute atomic E-state index is 11.0. The lowest BCUT2D eigenvalue weighted by molar-refractivity contribution is -0.161. The van der Waals surface area contributed by atoms with E-state index in [-0.39, 0.29) is 0 Å². The van der Waals surface area contributed by atoms with Crippen LogP contribution in [0.1, 0.15) is 0 Å². The van der Waals surface area contributed by atoms with Crippen molar-refractivity contribution in [2.24, 2.45) is 5.92 Å². The van der Waals surface area contributed by atoms with E-state index in [1.165, 1.54) is 7.05 Å². The summed E-state index contributed by atoms with van der Waals surface area (Å²) in [4.78, 5) is 32.9. The van der Waals surface area contributed by atoms with E-state index in [9.17, 15) is 14.4 Å². The summed E-state index contributed by atoms with van der Waals surface area (Å²) in [5.74, 6) is -4.17. The van der Waals surface area contributed by atoms with E-state index < -0.39 is 23.8 Å². The number of ether oxygens (including phenoxy) is 2. The molecule has 0 fully saturated rings. The number of esters is 2. The maximum Gasteiger partial charge on any atom is 0.329 e. The molecule has 74 valence electrons. The number of carbonyl (C=O) groups excluding carboxylic acids is 3. The van der Waals surface area contributed by atoms with Gasteiger partial charge in [0.15, 0.2) is 0 Å². The van der Waals surface area contributed by atoms with E-state index >= 15 is 0 Å². The van der Waals surface area contributed by atoms with Crippen molar-refractivity contribution in [1.29, 1.82) is 0 Å². The molecule has 6 nitrogen and oxygen atoms in total. The highest BCUT2D eigenvalue weighted by Crippen LogP contribution is 2.01. The van der Waals surface area contributed by atoms with E-state index in [0.717, 1.165) is 14.2 Å². The molecule has 0 saturated carbocycles. The lowest BCUT2D eigenvalue weighted by atomic mass is 10.1. The third-order valence-corrected chi connectivity index (χ3v) is 1.38. The maximum atomic E-state index is 11.0. The second-order valence-corrected chi connectivity index (χ2v) is 2.09. The Balaban J connectivity index is 4.64. The first kappa shape index (κ1) is 11.4. The van der Waals surface area contributed by atoms with Gasteiger partial charge in [-0.15, -0.1) is 0 Å². The fraction of sp³-hybridized carbons (Fsp3) is 0.571. The van der Waals surface area contributed by atoms with Crippen molar-refractivity contribution in [2.75, 3.05) is 21.3 Å². The largest absolute Gasteiger partial charge is 0.468 e. The minimum absolute atomic E-state index is 0.751. The predicted octanol–water partition coefficient (Wildman–Crippen LogP) is -1.31. The van der Waals surface area contributed by atoms with Gasteiger partial charge in [-0.3, -0.25) is 14.4 Å². The van der Waals surface area contributed by atoms with E-state index in [4.69, 9.17) is 0 Å². The van der Waals surface area contributed by atoms with Gasteiger partial charge in [-0.2, -0.15) is 0 Å². The molecule has 0 unspecified atom stereocenters. The fourth-order valence-corrected chi connectivity index (χ4v) is 0.690. The molecular formula is C7H11NO5. The minimum Gasteiger partial charge on any atom is -0.468 e. The van der Waals surface area contributed by atoms with Crippen LogP contribution in [0.4, 0.5) is 0 Å². The summed E-state index contributed by atoms with van der Waals surface area (Å²) in [5.41, 5.74) is 0. The Morgan fingerprint density at radius 1 is 1.08 bits per heavy atom. The number of nitrogens with one attached hydrogen (secondary N) is 1. The van der Waals surface area contributed by atoms with Crippen molar-refractivity contribution < 1.29 is 23.9 Å². The molecule has 0 aromatic heterocycles. The summed E-state index contributed by atoms with van der Waals surface area (Å²) in [6.45, 7) is 0. The Kier molecular flexibility index (Phi) is 4.50. The van der Waals surface area contributed by atoms with Crippen molar-refractivity contribution in [3.63, 3.8) is 0 Å². The summed E-state index contributed by atoms with van der Waals surface area (Å²) >= 11 is 0. The molecule has 13 heavy (non-hydrogen) atoms. The third kappa shape index (κ3) is 2.73. The molecule has 0 rings (SSSR count). The first-order valence-electron chi connectivity index (χ1n) is 3.45. The molecule has 0 aromatic carbocycles. The zero-order valence-corrected chi connectivity index (χ0v) is 7.62. The molecule has 0 aliphatic rings. The number of rotatable bonds is 3. The van der Waals surface area contributed by atoms with E-state index in [2.05, 4.69) is 14.8 Å². The molecule has 0 spiro atoms. The number of hydrogen-bond acceptors (Lipinski definition) is 5. The molecule has 1 N–H and O–H groups in total. The van der Waals surface area contributed by atoms with Crippen molar-refractivity contribution in [3.8, 4) is 0 Å². The normalized spacial score (nSPS) is 9.23. The average Bonchev–Trinajstić information content (AvgIpc) is 2.16. The minimum atomic E-state index is -1.54. The molecule has 0 aliphatic heterocycles. The van der Waals surface area contributed by atoms with Crippen molar-refractivity contribution in [2.45, 2.75) is 0 Å². The Bertz CT molecular complexity index is 187. The van der Waals surface area contributed by atoms with Gasteiger partial charge in [-0.1, -0.05) is 0 Å². The van der Waals surface area contributed by atoms with Crippen LogP contribution >= 0.6 is 0 Å². The zero-order chi connectivity index (χ0) is 10.4. The van der Waals surface area contributed by atoms with Crippen LogP contribution in [0, 0.1) is 5.92 Å². The first-order valence-corrected chi connectivity index (χ1v) is 3.45. The summed E-state index contributed by atoms with van der Waals surface area (Å²) in [5, 5.41) is 2.15. The second kappa shape index (κ2) is 5.13. The van der Waals surface area contributed by atoms with Gasteiger partial charge in [-0.05, 0) is 0 Å². The quantitative estimate of drug-likeness (QED) is 0.440. The molecule has 1 amide bonds. The first-order chi connectivity index (χ1) is 6.08. The van der Waals surface area contributed by atoms with Crippen molar-refractivity contribution in [3.05, 3.63) is 0 Å². The summed E-state index contributed by atoms with van der Waals surface area (Å²) < 4.78 is 8.52. The smallest absolute Gasteiger partial charge is 0.329 e.